The number of hydrogen-bond donors (Lipinski definition) is 3. The average Bonchev–Trinajstić information content (AvgIpc) is 2.81. The van der Waals surface area contributed by atoms with Crippen molar-refractivity contribution in [3.05, 3.63) is 51.7 Å². The molecule has 2 aromatic rings. The zero-order valence-electron chi connectivity index (χ0n) is 9.59. The maximum absolute atomic E-state index is 10.7. The Labute approximate surface area is 109 Å². The molecule has 18 heavy (non-hydrogen) atoms. The largest absolute Gasteiger partial charge is 0.508 e. The second-order valence-corrected chi connectivity index (χ2v) is 4.87. The number of carboxylic acid groups (broad SMARTS) is 1. The van der Waals surface area contributed by atoms with Crippen LogP contribution in [0.4, 0.5) is 0 Å². The first kappa shape index (κ1) is 12.6. The first-order valence-electron chi connectivity index (χ1n) is 5.44. The zero-order chi connectivity index (χ0) is 13.0. The molecule has 0 bridgehead atoms. The summed E-state index contributed by atoms with van der Waals surface area (Å²) in [6, 6.07) is 8.66. The Morgan fingerprint density at radius 2 is 1.94 bits per heavy atom. The average molecular weight is 263 g/mol. The van der Waals surface area contributed by atoms with E-state index in [1.54, 1.807) is 23.6 Å². The van der Waals surface area contributed by atoms with E-state index in [0.717, 1.165) is 10.4 Å². The third-order valence-corrected chi connectivity index (χ3v) is 3.40. The van der Waals surface area contributed by atoms with Gasteiger partial charge in [0.15, 0.2) is 0 Å². The van der Waals surface area contributed by atoms with Gasteiger partial charge in [0.1, 0.15) is 5.75 Å². The Kier molecular flexibility index (Phi) is 3.96. The van der Waals surface area contributed by atoms with Gasteiger partial charge in [-0.2, -0.15) is 0 Å². The number of hydrogen-bond acceptors (Lipinski definition) is 4. The van der Waals surface area contributed by atoms with E-state index in [9.17, 15) is 4.79 Å². The van der Waals surface area contributed by atoms with Crippen LogP contribution >= 0.6 is 11.3 Å². The second-order valence-electron chi connectivity index (χ2n) is 3.88. The van der Waals surface area contributed by atoms with E-state index >= 15 is 0 Å². The van der Waals surface area contributed by atoms with Crippen molar-refractivity contribution in [1.82, 2.24) is 5.32 Å². The molecule has 0 radical (unpaired) electrons. The number of nitrogens with one attached hydrogen (secondary N) is 1. The van der Waals surface area contributed by atoms with Crippen LogP contribution in [0.25, 0.3) is 0 Å². The number of benzene rings is 1. The van der Waals surface area contributed by atoms with Crippen LogP contribution in [0.15, 0.2) is 35.7 Å². The summed E-state index contributed by atoms with van der Waals surface area (Å²) in [5.74, 6) is -0.640. The first-order valence-corrected chi connectivity index (χ1v) is 6.32. The predicted octanol–water partition coefficient (Wildman–Crippen LogP) is 2.44. The summed E-state index contributed by atoms with van der Waals surface area (Å²) in [5, 5.41) is 22.8. The molecule has 0 unspecified atom stereocenters. The lowest BCUT2D eigenvalue weighted by molar-refractivity contribution is 0.0697. The molecule has 2 rings (SSSR count). The quantitative estimate of drug-likeness (QED) is 0.775. The lowest BCUT2D eigenvalue weighted by Crippen LogP contribution is -2.11. The van der Waals surface area contributed by atoms with Crippen LogP contribution in [-0.2, 0) is 13.1 Å². The fourth-order valence-corrected chi connectivity index (χ4v) is 2.36. The minimum Gasteiger partial charge on any atom is -0.508 e. The normalized spacial score (nSPS) is 10.4. The SMILES string of the molecule is O=C(O)c1csc(CNCc2ccc(O)cc2)c1. The van der Waals surface area contributed by atoms with Gasteiger partial charge in [-0.05, 0) is 23.8 Å². The molecule has 5 heteroatoms. The lowest BCUT2D eigenvalue weighted by Gasteiger charge is -2.03. The molecule has 0 aliphatic carbocycles. The standard InChI is InChI=1S/C13H13NO3S/c15-11-3-1-9(2-4-11)6-14-7-12-5-10(8-18-12)13(16)17/h1-5,8,14-15H,6-7H2,(H,16,17). The van der Waals surface area contributed by atoms with Gasteiger partial charge in [-0.15, -0.1) is 11.3 Å². The van der Waals surface area contributed by atoms with E-state index in [-0.39, 0.29) is 5.75 Å². The molecule has 1 heterocycles. The number of aromatic hydroxyl groups is 1. The van der Waals surface area contributed by atoms with Gasteiger partial charge < -0.3 is 15.5 Å². The van der Waals surface area contributed by atoms with Crippen LogP contribution in [0.2, 0.25) is 0 Å². The van der Waals surface area contributed by atoms with Crippen LogP contribution in [0, 0.1) is 0 Å². The van der Waals surface area contributed by atoms with E-state index in [4.69, 9.17) is 10.2 Å². The highest BCUT2D eigenvalue weighted by Gasteiger charge is 2.05. The summed E-state index contributed by atoms with van der Waals surface area (Å²) >= 11 is 1.43. The van der Waals surface area contributed by atoms with Crippen molar-refractivity contribution in [2.45, 2.75) is 13.1 Å². The number of phenols is 1. The molecule has 94 valence electrons. The molecule has 0 atom stereocenters. The van der Waals surface area contributed by atoms with E-state index in [0.29, 0.717) is 18.7 Å². The highest BCUT2D eigenvalue weighted by Crippen LogP contribution is 2.15. The summed E-state index contributed by atoms with van der Waals surface area (Å²) in [7, 11) is 0. The smallest absolute Gasteiger partial charge is 0.336 e. The molecular weight excluding hydrogens is 250 g/mol. The molecular formula is C13H13NO3S. The molecule has 3 N–H and O–H groups in total. The van der Waals surface area contributed by atoms with Gasteiger partial charge in [0.25, 0.3) is 0 Å². The van der Waals surface area contributed by atoms with E-state index in [1.165, 1.54) is 11.3 Å². The van der Waals surface area contributed by atoms with Crippen LogP contribution in [0.3, 0.4) is 0 Å². The monoisotopic (exact) mass is 263 g/mol. The van der Waals surface area contributed by atoms with Crippen molar-refractivity contribution in [2.75, 3.05) is 0 Å². The Morgan fingerprint density at radius 1 is 1.22 bits per heavy atom. The Balaban J connectivity index is 1.84. The molecule has 0 amide bonds. The second kappa shape index (κ2) is 5.66. The van der Waals surface area contributed by atoms with Crippen molar-refractivity contribution in [3.8, 4) is 5.75 Å². The molecule has 0 spiro atoms. The molecule has 0 aliphatic heterocycles. The van der Waals surface area contributed by atoms with Gasteiger partial charge >= 0.3 is 5.97 Å². The van der Waals surface area contributed by atoms with Gasteiger partial charge in [0.05, 0.1) is 5.56 Å². The van der Waals surface area contributed by atoms with Crippen LogP contribution < -0.4 is 5.32 Å². The van der Waals surface area contributed by atoms with E-state index in [2.05, 4.69) is 5.32 Å². The van der Waals surface area contributed by atoms with Crippen LogP contribution in [0.1, 0.15) is 20.8 Å². The Morgan fingerprint density at radius 3 is 2.56 bits per heavy atom. The molecule has 1 aromatic heterocycles. The predicted molar refractivity (Wildman–Crippen MR) is 69.9 cm³/mol. The van der Waals surface area contributed by atoms with Gasteiger partial charge in [0, 0.05) is 23.3 Å². The molecule has 0 saturated heterocycles. The molecule has 0 aliphatic rings. The molecule has 0 fully saturated rings. The van der Waals surface area contributed by atoms with E-state index in [1.807, 2.05) is 12.1 Å². The minimum absolute atomic E-state index is 0.253. The van der Waals surface area contributed by atoms with Crippen molar-refractivity contribution < 1.29 is 15.0 Å². The van der Waals surface area contributed by atoms with Gasteiger partial charge in [0.2, 0.25) is 0 Å². The van der Waals surface area contributed by atoms with Crippen LogP contribution in [0.5, 0.6) is 5.75 Å². The zero-order valence-corrected chi connectivity index (χ0v) is 10.4. The maximum Gasteiger partial charge on any atom is 0.336 e. The van der Waals surface area contributed by atoms with Crippen molar-refractivity contribution >= 4 is 17.3 Å². The van der Waals surface area contributed by atoms with Crippen LogP contribution in [-0.4, -0.2) is 16.2 Å². The van der Waals surface area contributed by atoms with Gasteiger partial charge in [-0.3, -0.25) is 0 Å². The highest BCUT2D eigenvalue weighted by molar-refractivity contribution is 7.10. The number of phenolic OH excluding ortho intramolecular Hbond substituents is 1. The summed E-state index contributed by atoms with van der Waals surface area (Å²) in [6.45, 7) is 1.32. The molecule has 0 saturated carbocycles. The number of carbonyl (C=O) groups is 1. The number of aromatic carboxylic acids is 1. The first-order chi connectivity index (χ1) is 8.65. The van der Waals surface area contributed by atoms with Gasteiger partial charge in [-0.1, -0.05) is 12.1 Å². The summed E-state index contributed by atoms with van der Waals surface area (Å²) in [6.07, 6.45) is 0. The van der Waals surface area contributed by atoms with E-state index < -0.39 is 5.97 Å². The maximum atomic E-state index is 10.7. The third kappa shape index (κ3) is 3.32. The fraction of sp³-hybridized carbons (Fsp3) is 0.154. The molecule has 1 aromatic carbocycles. The summed E-state index contributed by atoms with van der Waals surface area (Å²) in [5.41, 5.74) is 1.41. The number of rotatable bonds is 5. The van der Waals surface area contributed by atoms with Crippen molar-refractivity contribution in [3.63, 3.8) is 0 Å². The fourth-order valence-electron chi connectivity index (χ4n) is 1.53. The molecule has 4 nitrogen and oxygen atoms in total. The van der Waals surface area contributed by atoms with Gasteiger partial charge in [-0.25, -0.2) is 4.79 Å². The minimum atomic E-state index is -0.893. The highest BCUT2D eigenvalue weighted by atomic mass is 32.1. The Bertz CT molecular complexity index is 533. The lowest BCUT2D eigenvalue weighted by atomic mass is 10.2. The number of thiophene rings is 1. The third-order valence-electron chi connectivity index (χ3n) is 2.47. The summed E-state index contributed by atoms with van der Waals surface area (Å²) in [4.78, 5) is 11.7. The number of carboxylic acids is 1. The topological polar surface area (TPSA) is 69.6 Å². The van der Waals surface area contributed by atoms with Crippen molar-refractivity contribution in [1.29, 1.82) is 0 Å². The van der Waals surface area contributed by atoms with Crippen molar-refractivity contribution in [2.24, 2.45) is 0 Å². The summed E-state index contributed by atoms with van der Waals surface area (Å²) < 4.78 is 0. The Hall–Kier alpha value is -1.85.